The molecule has 1 N–H and O–H groups in total. The molecule has 0 radical (unpaired) electrons. The van der Waals surface area contributed by atoms with Crippen molar-refractivity contribution in [2.45, 2.75) is 25.0 Å². The molecule has 0 saturated carbocycles. The van der Waals surface area contributed by atoms with Crippen molar-refractivity contribution in [3.63, 3.8) is 0 Å². The summed E-state index contributed by atoms with van der Waals surface area (Å²) < 4.78 is 43.3. The Morgan fingerprint density at radius 1 is 1.03 bits per heavy atom. The maximum Gasteiger partial charge on any atom is 0.245 e. The molecule has 4 heterocycles. The van der Waals surface area contributed by atoms with Gasteiger partial charge in [0, 0.05) is 31.1 Å². The molecule has 0 amide bonds. The van der Waals surface area contributed by atoms with E-state index in [2.05, 4.69) is 35.0 Å². The monoisotopic (exact) mass is 533 g/mol. The van der Waals surface area contributed by atoms with Crippen LogP contribution in [0.25, 0.3) is 17.1 Å². The van der Waals surface area contributed by atoms with Gasteiger partial charge in [-0.25, -0.2) is 8.42 Å². The van der Waals surface area contributed by atoms with E-state index in [1.54, 1.807) is 50.1 Å². The maximum absolute atomic E-state index is 13.5. The van der Waals surface area contributed by atoms with Gasteiger partial charge in [-0.2, -0.15) is 15.1 Å². The van der Waals surface area contributed by atoms with Crippen LogP contribution in [0.15, 0.2) is 37.1 Å². The van der Waals surface area contributed by atoms with Crippen molar-refractivity contribution in [3.05, 3.63) is 47.8 Å². The molecule has 190 valence electrons. The predicted molar refractivity (Wildman–Crippen MR) is 132 cm³/mol. The van der Waals surface area contributed by atoms with Crippen LogP contribution in [0.1, 0.15) is 25.5 Å². The fraction of sp³-hybridized carbons (Fsp3) is 0.333. The summed E-state index contributed by atoms with van der Waals surface area (Å²) in [7, 11) is 0.596. The van der Waals surface area contributed by atoms with Crippen molar-refractivity contribution in [3.8, 4) is 28.8 Å². The van der Waals surface area contributed by atoms with E-state index < -0.39 is 21.2 Å². The number of ether oxygens (including phenoxy) is 2. The Balaban J connectivity index is 1.81. The Hall–Kier alpha value is -3.78. The first-order chi connectivity index (χ1) is 17.2. The average Bonchev–Trinajstić information content (AvgIpc) is 3.48. The second kappa shape index (κ2) is 10.1. The lowest BCUT2D eigenvalue weighted by Crippen LogP contribution is -2.31. The SMILES string of the molecule is COc1ncnc(OC)c1-n1c(NS(=O)(=O)[C@@H](C)[C@H](C)c2ccc(Cl)cn2)nnc1-c1cnn(C)c1. The molecule has 0 aromatic carbocycles. The Labute approximate surface area is 212 Å². The molecule has 0 bridgehead atoms. The first-order valence-corrected chi connectivity index (χ1v) is 12.6. The summed E-state index contributed by atoms with van der Waals surface area (Å²) in [5, 5.41) is 12.1. The number of aryl methyl sites for hydroxylation is 1. The number of anilines is 1. The van der Waals surface area contributed by atoms with Gasteiger partial charge in [0.15, 0.2) is 11.5 Å². The van der Waals surface area contributed by atoms with E-state index in [4.69, 9.17) is 21.1 Å². The fourth-order valence-electron chi connectivity index (χ4n) is 3.51. The average molecular weight is 534 g/mol. The minimum atomic E-state index is -3.99. The Bertz CT molecular complexity index is 1450. The number of hydrogen-bond donors (Lipinski definition) is 1. The van der Waals surface area contributed by atoms with Gasteiger partial charge in [0.1, 0.15) is 6.33 Å². The van der Waals surface area contributed by atoms with Gasteiger partial charge in [0.05, 0.1) is 36.3 Å². The van der Waals surface area contributed by atoms with E-state index >= 15 is 0 Å². The van der Waals surface area contributed by atoms with Gasteiger partial charge in [-0.05, 0) is 19.1 Å². The largest absolute Gasteiger partial charge is 0.479 e. The number of halogens is 1. The van der Waals surface area contributed by atoms with Crippen LogP contribution in [-0.2, 0) is 17.1 Å². The molecule has 4 aromatic heterocycles. The lowest BCUT2D eigenvalue weighted by Gasteiger charge is -2.21. The molecule has 0 fully saturated rings. The van der Waals surface area contributed by atoms with E-state index in [0.717, 1.165) is 0 Å². The summed E-state index contributed by atoms with van der Waals surface area (Å²) in [5.41, 5.74) is 1.36. The predicted octanol–water partition coefficient (Wildman–Crippen LogP) is 2.46. The van der Waals surface area contributed by atoms with E-state index in [1.165, 1.54) is 31.3 Å². The molecule has 0 spiro atoms. The molecule has 13 nitrogen and oxygen atoms in total. The molecule has 36 heavy (non-hydrogen) atoms. The van der Waals surface area contributed by atoms with Crippen molar-refractivity contribution in [2.75, 3.05) is 18.9 Å². The van der Waals surface area contributed by atoms with E-state index in [1.807, 2.05) is 0 Å². The van der Waals surface area contributed by atoms with Gasteiger partial charge >= 0.3 is 0 Å². The van der Waals surface area contributed by atoms with E-state index in [0.29, 0.717) is 16.3 Å². The number of sulfonamides is 1. The van der Waals surface area contributed by atoms with Crippen LogP contribution in [0.2, 0.25) is 5.02 Å². The highest BCUT2D eigenvalue weighted by Gasteiger charge is 2.32. The number of nitrogens with one attached hydrogen (secondary N) is 1. The quantitative estimate of drug-likeness (QED) is 0.339. The molecule has 0 saturated heterocycles. The van der Waals surface area contributed by atoms with Crippen LogP contribution in [0, 0.1) is 0 Å². The van der Waals surface area contributed by atoms with Gasteiger partial charge in [0.25, 0.3) is 0 Å². The number of rotatable bonds is 9. The van der Waals surface area contributed by atoms with Crippen LogP contribution >= 0.6 is 11.6 Å². The summed E-state index contributed by atoms with van der Waals surface area (Å²) in [4.78, 5) is 12.5. The van der Waals surface area contributed by atoms with Crippen molar-refractivity contribution < 1.29 is 17.9 Å². The minimum absolute atomic E-state index is 0.108. The summed E-state index contributed by atoms with van der Waals surface area (Å²) >= 11 is 5.92. The zero-order valence-electron chi connectivity index (χ0n) is 20.1. The second-order valence-electron chi connectivity index (χ2n) is 7.87. The topological polar surface area (TPSA) is 152 Å². The van der Waals surface area contributed by atoms with Crippen LogP contribution in [0.3, 0.4) is 0 Å². The maximum atomic E-state index is 13.5. The molecular weight excluding hydrogens is 510 g/mol. The highest BCUT2D eigenvalue weighted by Crippen LogP contribution is 2.35. The van der Waals surface area contributed by atoms with Gasteiger partial charge in [-0.3, -0.25) is 19.0 Å². The molecule has 0 aliphatic carbocycles. The van der Waals surface area contributed by atoms with Gasteiger partial charge < -0.3 is 9.47 Å². The van der Waals surface area contributed by atoms with Crippen LogP contribution in [0.4, 0.5) is 5.95 Å². The summed E-state index contributed by atoms with van der Waals surface area (Å²) in [6.45, 7) is 3.35. The van der Waals surface area contributed by atoms with Gasteiger partial charge in [-0.1, -0.05) is 18.5 Å². The first kappa shape index (κ1) is 25.3. The molecule has 15 heteroatoms. The number of nitrogens with zero attached hydrogens (tertiary/aromatic N) is 8. The molecule has 0 aliphatic heterocycles. The molecular formula is C21H24ClN9O4S. The molecule has 4 aromatic rings. The number of methoxy groups -OCH3 is 2. The Morgan fingerprint density at radius 2 is 1.72 bits per heavy atom. The standard InChI is InChI=1S/C21H24ClN9O4S/c1-12(16-7-6-15(22)9-23-16)13(2)36(32,33)29-21-28-27-18(14-8-26-30(3)10-14)31(21)17-19(34-4)24-11-25-20(17)35-5/h6-13H,1-5H3,(H,28,29)/t12-,13-/m0/s1. The van der Waals surface area contributed by atoms with Crippen molar-refractivity contribution >= 4 is 27.6 Å². The zero-order chi connectivity index (χ0) is 26.0. The normalized spacial score (nSPS) is 13.3. The van der Waals surface area contributed by atoms with Gasteiger partial charge in [0.2, 0.25) is 27.7 Å². The van der Waals surface area contributed by atoms with E-state index in [9.17, 15) is 8.42 Å². The zero-order valence-corrected chi connectivity index (χ0v) is 21.7. The van der Waals surface area contributed by atoms with Crippen LogP contribution in [-0.4, -0.2) is 67.4 Å². The number of pyridine rings is 1. The summed E-state index contributed by atoms with van der Waals surface area (Å²) in [6.07, 6.45) is 6.02. The van der Waals surface area contributed by atoms with Crippen LogP contribution < -0.4 is 14.2 Å². The summed E-state index contributed by atoms with van der Waals surface area (Å²) in [5.74, 6) is -0.0493. The second-order valence-corrected chi connectivity index (χ2v) is 10.3. The molecule has 0 aliphatic rings. The number of aromatic nitrogens is 8. The summed E-state index contributed by atoms with van der Waals surface area (Å²) in [6, 6.07) is 3.36. The molecule has 2 atom stereocenters. The smallest absolute Gasteiger partial charge is 0.245 e. The third-order valence-electron chi connectivity index (χ3n) is 5.64. The third kappa shape index (κ3) is 4.81. The molecule has 4 rings (SSSR count). The third-order valence-corrected chi connectivity index (χ3v) is 7.71. The van der Waals surface area contributed by atoms with Crippen molar-refractivity contribution in [1.82, 2.24) is 39.5 Å². The van der Waals surface area contributed by atoms with Crippen LogP contribution in [0.5, 0.6) is 11.8 Å². The Kier molecular flexibility index (Phi) is 7.08. The minimum Gasteiger partial charge on any atom is -0.479 e. The lowest BCUT2D eigenvalue weighted by molar-refractivity contribution is 0.368. The lowest BCUT2D eigenvalue weighted by atomic mass is 10.0. The number of hydrogen-bond acceptors (Lipinski definition) is 10. The van der Waals surface area contributed by atoms with Crippen molar-refractivity contribution in [1.29, 1.82) is 0 Å². The molecule has 0 unspecified atom stereocenters. The van der Waals surface area contributed by atoms with Gasteiger partial charge in [-0.15, -0.1) is 10.2 Å². The highest BCUT2D eigenvalue weighted by atomic mass is 35.5. The van der Waals surface area contributed by atoms with E-state index in [-0.39, 0.29) is 29.2 Å². The van der Waals surface area contributed by atoms with Crippen molar-refractivity contribution in [2.24, 2.45) is 7.05 Å². The first-order valence-electron chi connectivity index (χ1n) is 10.7. The Morgan fingerprint density at radius 3 is 2.28 bits per heavy atom. The highest BCUT2D eigenvalue weighted by molar-refractivity contribution is 7.93. The fourth-order valence-corrected chi connectivity index (χ4v) is 4.87.